The van der Waals surface area contributed by atoms with Crippen LogP contribution in [0.4, 0.5) is 11.4 Å². The molecule has 1 heterocycles. The third-order valence-electron chi connectivity index (χ3n) is 6.44. The number of hydrogen-bond acceptors (Lipinski definition) is 4. The first-order valence-corrected chi connectivity index (χ1v) is 11.3. The summed E-state index contributed by atoms with van der Waals surface area (Å²) in [5.41, 5.74) is 3.21. The van der Waals surface area contributed by atoms with E-state index in [1.807, 2.05) is 12.1 Å². The number of carbonyl (C=O) groups is 3. The summed E-state index contributed by atoms with van der Waals surface area (Å²) < 4.78 is 0. The largest absolute Gasteiger partial charge is 0.481 e. The zero-order chi connectivity index (χ0) is 23.4. The second kappa shape index (κ2) is 9.90. The maximum atomic E-state index is 13.3. The van der Waals surface area contributed by atoms with Crippen LogP contribution in [0.2, 0.25) is 0 Å². The molecule has 0 spiro atoms. The van der Waals surface area contributed by atoms with Gasteiger partial charge in [-0.05, 0) is 49.6 Å². The van der Waals surface area contributed by atoms with Gasteiger partial charge in [0.15, 0.2) is 0 Å². The predicted molar refractivity (Wildman–Crippen MR) is 127 cm³/mol. The van der Waals surface area contributed by atoms with Gasteiger partial charge in [-0.15, -0.1) is 0 Å². The molecule has 1 aliphatic heterocycles. The zero-order valence-corrected chi connectivity index (χ0v) is 18.7. The first kappa shape index (κ1) is 22.6. The predicted octanol–water partition coefficient (Wildman–Crippen LogP) is 3.56. The zero-order valence-electron chi connectivity index (χ0n) is 18.7. The number of amides is 2. The van der Waals surface area contributed by atoms with Crippen molar-refractivity contribution in [3.63, 3.8) is 0 Å². The number of piperazine rings is 1. The fourth-order valence-corrected chi connectivity index (χ4v) is 4.54. The van der Waals surface area contributed by atoms with Gasteiger partial charge in [-0.25, -0.2) is 0 Å². The van der Waals surface area contributed by atoms with Crippen LogP contribution in [0.25, 0.3) is 0 Å². The monoisotopic (exact) mass is 447 g/mol. The minimum absolute atomic E-state index is 0.131. The van der Waals surface area contributed by atoms with Crippen molar-refractivity contribution in [2.24, 2.45) is 11.8 Å². The van der Waals surface area contributed by atoms with E-state index in [4.69, 9.17) is 0 Å². The lowest BCUT2D eigenvalue weighted by Gasteiger charge is -2.36. The van der Waals surface area contributed by atoms with E-state index in [1.54, 1.807) is 35.2 Å². The van der Waals surface area contributed by atoms with Gasteiger partial charge in [-0.2, -0.15) is 0 Å². The summed E-state index contributed by atoms with van der Waals surface area (Å²) >= 11 is 0. The average molecular weight is 448 g/mol. The number of aryl methyl sites for hydroxylation is 1. The Balaban J connectivity index is 1.44. The molecule has 0 bridgehead atoms. The van der Waals surface area contributed by atoms with E-state index >= 15 is 0 Å². The Kier molecular flexibility index (Phi) is 6.77. The quantitative estimate of drug-likeness (QED) is 0.684. The number of benzene rings is 2. The van der Waals surface area contributed by atoms with Crippen molar-refractivity contribution >= 4 is 29.2 Å². The highest BCUT2D eigenvalue weighted by molar-refractivity contribution is 6.04. The molecule has 4 rings (SSSR count). The molecule has 0 radical (unpaired) electrons. The van der Waals surface area contributed by atoms with Gasteiger partial charge in [0.1, 0.15) is 0 Å². The molecule has 7 heteroatoms. The molecule has 172 valence electrons. The topological polar surface area (TPSA) is 90.0 Å². The van der Waals surface area contributed by atoms with Crippen molar-refractivity contribution in [3.8, 4) is 0 Å². The molecule has 1 saturated heterocycles. The van der Waals surface area contributed by atoms with Gasteiger partial charge in [0.05, 0.1) is 23.1 Å². The van der Waals surface area contributed by atoms with Gasteiger partial charge in [0, 0.05) is 31.9 Å². The molecule has 2 aliphatic rings. The second-order valence-corrected chi connectivity index (χ2v) is 8.65. The molecule has 2 amide bonds. The molecule has 2 atom stereocenters. The Morgan fingerprint density at radius 1 is 0.909 bits per heavy atom. The molecule has 7 nitrogen and oxygen atoms in total. The molecule has 33 heavy (non-hydrogen) atoms. The number of anilines is 2. The van der Waals surface area contributed by atoms with Crippen molar-refractivity contribution < 1.29 is 19.5 Å². The summed E-state index contributed by atoms with van der Waals surface area (Å²) in [4.78, 5) is 41.9. The fraction of sp³-hybridized carbons (Fsp3) is 0.346. The minimum Gasteiger partial charge on any atom is -0.481 e. The van der Waals surface area contributed by atoms with Crippen molar-refractivity contribution in [1.29, 1.82) is 0 Å². The van der Waals surface area contributed by atoms with Crippen molar-refractivity contribution in [1.82, 2.24) is 4.90 Å². The Labute approximate surface area is 193 Å². The first-order chi connectivity index (χ1) is 15.9. The van der Waals surface area contributed by atoms with Crippen molar-refractivity contribution in [2.45, 2.75) is 19.8 Å². The van der Waals surface area contributed by atoms with E-state index < -0.39 is 17.8 Å². The molecule has 0 unspecified atom stereocenters. The Morgan fingerprint density at radius 3 is 2.30 bits per heavy atom. The van der Waals surface area contributed by atoms with Gasteiger partial charge in [-0.1, -0.05) is 36.4 Å². The van der Waals surface area contributed by atoms with Crippen LogP contribution < -0.4 is 10.2 Å². The molecule has 2 N–H and O–H groups in total. The lowest BCUT2D eigenvalue weighted by atomic mass is 9.82. The minimum atomic E-state index is -0.977. The summed E-state index contributed by atoms with van der Waals surface area (Å²) in [6.07, 6.45) is 4.35. The molecule has 2 aromatic carbocycles. The van der Waals surface area contributed by atoms with Gasteiger partial charge in [-0.3, -0.25) is 14.4 Å². The number of aliphatic carboxylic acids is 1. The molecule has 1 fully saturated rings. The second-order valence-electron chi connectivity index (χ2n) is 8.65. The van der Waals surface area contributed by atoms with Gasteiger partial charge >= 0.3 is 5.97 Å². The molecule has 2 aromatic rings. The van der Waals surface area contributed by atoms with Crippen LogP contribution in [0.5, 0.6) is 0 Å². The maximum absolute atomic E-state index is 13.3. The summed E-state index contributed by atoms with van der Waals surface area (Å²) in [5, 5.41) is 12.3. The number of hydrogen-bond donors (Lipinski definition) is 2. The number of allylic oxidation sites excluding steroid dienone is 2. The van der Waals surface area contributed by atoms with Crippen LogP contribution in [0.15, 0.2) is 60.7 Å². The van der Waals surface area contributed by atoms with Crippen LogP contribution >= 0.6 is 0 Å². The van der Waals surface area contributed by atoms with E-state index in [-0.39, 0.29) is 11.8 Å². The third-order valence-corrected chi connectivity index (χ3v) is 6.44. The normalized spacial score (nSPS) is 20.4. The number of para-hydroxylation sites is 1. The van der Waals surface area contributed by atoms with Crippen LogP contribution in [-0.2, 0) is 9.59 Å². The molecule has 0 saturated carbocycles. The highest BCUT2D eigenvalue weighted by atomic mass is 16.4. The molecular weight excluding hydrogens is 418 g/mol. The van der Waals surface area contributed by atoms with Crippen molar-refractivity contribution in [2.75, 3.05) is 36.4 Å². The Bertz CT molecular complexity index is 1070. The smallest absolute Gasteiger partial charge is 0.307 e. The standard InChI is InChI=1S/C26H29N3O4/c1-18-7-6-8-19(17-18)28-13-15-29(16-14-28)25(31)22-11-4-5-12-23(22)27-24(30)20-9-2-3-10-21(20)26(32)33/h2-8,11-12,17,20-21H,9-10,13-16H2,1H3,(H,27,30)(H,32,33)/t20-,21-/m0/s1. The Hall–Kier alpha value is -3.61. The molecular formula is C26H29N3O4. The Morgan fingerprint density at radius 2 is 1.61 bits per heavy atom. The number of nitrogens with zero attached hydrogens (tertiary/aromatic N) is 2. The van der Waals surface area contributed by atoms with Crippen molar-refractivity contribution in [3.05, 3.63) is 71.8 Å². The van der Waals surface area contributed by atoms with Gasteiger partial charge in [0.25, 0.3) is 5.91 Å². The van der Waals surface area contributed by atoms with Gasteiger partial charge in [0.2, 0.25) is 5.91 Å². The molecule has 0 aromatic heterocycles. The summed E-state index contributed by atoms with van der Waals surface area (Å²) in [6, 6.07) is 15.3. The van der Waals surface area contributed by atoms with Crippen LogP contribution in [0.3, 0.4) is 0 Å². The first-order valence-electron chi connectivity index (χ1n) is 11.3. The fourth-order valence-electron chi connectivity index (χ4n) is 4.54. The summed E-state index contributed by atoms with van der Waals surface area (Å²) in [6.45, 7) is 4.71. The number of nitrogens with one attached hydrogen (secondary N) is 1. The summed E-state index contributed by atoms with van der Waals surface area (Å²) in [5.74, 6) is -2.89. The van der Waals surface area contributed by atoms with E-state index in [9.17, 15) is 19.5 Å². The third kappa shape index (κ3) is 5.08. The van der Waals surface area contributed by atoms with E-state index in [0.717, 1.165) is 18.8 Å². The lowest BCUT2D eigenvalue weighted by Crippen LogP contribution is -2.49. The molecule has 1 aliphatic carbocycles. The maximum Gasteiger partial charge on any atom is 0.307 e. The number of carboxylic acid groups (broad SMARTS) is 1. The van der Waals surface area contributed by atoms with E-state index in [0.29, 0.717) is 37.2 Å². The van der Waals surface area contributed by atoms with Crippen LogP contribution in [0, 0.1) is 18.8 Å². The van der Waals surface area contributed by atoms with E-state index in [1.165, 1.54) is 5.56 Å². The average Bonchev–Trinajstić information content (AvgIpc) is 2.84. The highest BCUT2D eigenvalue weighted by Crippen LogP contribution is 2.28. The highest BCUT2D eigenvalue weighted by Gasteiger charge is 2.34. The van der Waals surface area contributed by atoms with E-state index in [2.05, 4.69) is 35.3 Å². The SMILES string of the molecule is Cc1cccc(N2CCN(C(=O)c3ccccc3NC(=O)[C@H]3CC=CC[C@@H]3C(=O)O)CC2)c1. The number of carboxylic acids is 1. The number of carbonyl (C=O) groups excluding carboxylic acids is 2. The lowest BCUT2D eigenvalue weighted by molar-refractivity contribution is -0.146. The summed E-state index contributed by atoms with van der Waals surface area (Å²) in [7, 11) is 0. The van der Waals surface area contributed by atoms with Crippen LogP contribution in [0.1, 0.15) is 28.8 Å². The number of rotatable bonds is 5. The van der Waals surface area contributed by atoms with Crippen LogP contribution in [-0.4, -0.2) is 54.0 Å². The van der Waals surface area contributed by atoms with Gasteiger partial charge < -0.3 is 20.2 Å².